The minimum Gasteiger partial charge on any atom is -0.491 e. The van der Waals surface area contributed by atoms with Crippen molar-refractivity contribution in [1.29, 1.82) is 0 Å². The van der Waals surface area contributed by atoms with Crippen LogP contribution in [0.15, 0.2) is 36.4 Å². The number of carbonyl (C=O) groups is 1. The van der Waals surface area contributed by atoms with Gasteiger partial charge in [0.1, 0.15) is 12.4 Å². The number of anilines is 1. The Morgan fingerprint density at radius 1 is 1.17 bits per heavy atom. The van der Waals surface area contributed by atoms with Gasteiger partial charge in [-0.15, -0.1) is 0 Å². The van der Waals surface area contributed by atoms with Crippen LogP contribution in [0.3, 0.4) is 0 Å². The van der Waals surface area contributed by atoms with Crippen LogP contribution in [-0.2, 0) is 0 Å². The zero-order valence-corrected chi connectivity index (χ0v) is 15.3. The molecule has 128 valence electrons. The van der Waals surface area contributed by atoms with Crippen molar-refractivity contribution in [3.05, 3.63) is 57.6 Å². The lowest BCUT2D eigenvalue weighted by Gasteiger charge is -2.18. The van der Waals surface area contributed by atoms with E-state index in [1.54, 1.807) is 18.2 Å². The summed E-state index contributed by atoms with van der Waals surface area (Å²) in [6.45, 7) is 6.23. The van der Waals surface area contributed by atoms with Gasteiger partial charge in [0.05, 0.1) is 16.8 Å². The van der Waals surface area contributed by atoms with E-state index < -0.39 is 0 Å². The minimum atomic E-state index is -0.350. The molecule has 6 heteroatoms. The highest BCUT2D eigenvalue weighted by atomic mass is 35.5. The van der Waals surface area contributed by atoms with E-state index in [9.17, 15) is 4.79 Å². The van der Waals surface area contributed by atoms with E-state index in [-0.39, 0.29) is 12.1 Å². The van der Waals surface area contributed by atoms with Gasteiger partial charge >= 0.3 is 6.03 Å². The quantitative estimate of drug-likeness (QED) is 0.763. The fourth-order valence-electron chi connectivity index (χ4n) is 2.25. The lowest BCUT2D eigenvalue weighted by atomic mass is 10.1. The van der Waals surface area contributed by atoms with Gasteiger partial charge in [-0.05, 0) is 50.1 Å². The predicted octanol–water partition coefficient (Wildman–Crippen LogP) is 5.20. The summed E-state index contributed by atoms with van der Waals surface area (Å²) in [5.74, 6) is 0.854. The van der Waals surface area contributed by atoms with Crippen molar-refractivity contribution in [2.45, 2.75) is 26.8 Å². The van der Waals surface area contributed by atoms with Crippen molar-refractivity contribution in [3.8, 4) is 5.75 Å². The van der Waals surface area contributed by atoms with Gasteiger partial charge in [-0.3, -0.25) is 0 Å². The molecule has 0 aliphatic heterocycles. The number of halogens is 2. The van der Waals surface area contributed by atoms with Crippen LogP contribution in [0.1, 0.15) is 18.1 Å². The maximum atomic E-state index is 12.0. The lowest BCUT2D eigenvalue weighted by molar-refractivity contribution is 0.236. The molecule has 0 heterocycles. The number of amides is 2. The average molecular weight is 367 g/mol. The molecule has 2 aromatic carbocycles. The molecule has 2 rings (SSSR count). The molecule has 2 amide bonds. The Bertz CT molecular complexity index is 715. The summed E-state index contributed by atoms with van der Waals surface area (Å²) in [4.78, 5) is 12.0. The van der Waals surface area contributed by atoms with Gasteiger partial charge in [0.15, 0.2) is 0 Å². The first kappa shape index (κ1) is 18.4. The molecule has 1 unspecified atom stereocenters. The molecular formula is C18H20Cl2N2O2. The maximum absolute atomic E-state index is 12.0. The molecule has 0 aliphatic rings. The van der Waals surface area contributed by atoms with Crippen LogP contribution < -0.4 is 15.4 Å². The smallest absolute Gasteiger partial charge is 0.319 e. The van der Waals surface area contributed by atoms with Crippen LogP contribution in [0.4, 0.5) is 10.5 Å². The second-order valence-corrected chi connectivity index (χ2v) is 6.50. The number of carbonyl (C=O) groups excluding carboxylic acids is 1. The highest BCUT2D eigenvalue weighted by Gasteiger charge is 2.11. The number of hydrogen-bond donors (Lipinski definition) is 2. The molecule has 0 saturated heterocycles. The van der Waals surface area contributed by atoms with Crippen molar-refractivity contribution in [1.82, 2.24) is 5.32 Å². The largest absolute Gasteiger partial charge is 0.491 e. The number of aryl methyl sites for hydroxylation is 2. The zero-order chi connectivity index (χ0) is 17.7. The van der Waals surface area contributed by atoms with Crippen LogP contribution in [0, 0.1) is 13.8 Å². The van der Waals surface area contributed by atoms with Gasteiger partial charge < -0.3 is 15.4 Å². The van der Waals surface area contributed by atoms with Crippen molar-refractivity contribution in [2.75, 3.05) is 11.9 Å². The molecule has 0 radical (unpaired) electrons. The van der Waals surface area contributed by atoms with Crippen LogP contribution in [-0.4, -0.2) is 18.7 Å². The Labute approximate surface area is 152 Å². The molecule has 24 heavy (non-hydrogen) atoms. The van der Waals surface area contributed by atoms with Gasteiger partial charge in [0.2, 0.25) is 0 Å². The van der Waals surface area contributed by atoms with E-state index >= 15 is 0 Å². The Morgan fingerprint density at radius 2 is 1.83 bits per heavy atom. The number of urea groups is 1. The van der Waals surface area contributed by atoms with E-state index in [0.717, 1.165) is 16.9 Å². The molecule has 0 spiro atoms. The van der Waals surface area contributed by atoms with Crippen LogP contribution in [0.2, 0.25) is 10.0 Å². The Balaban J connectivity index is 1.87. The van der Waals surface area contributed by atoms with Gasteiger partial charge in [0.25, 0.3) is 0 Å². The third-order valence-corrected chi connectivity index (χ3v) is 3.99. The number of para-hydroxylation sites is 1. The summed E-state index contributed by atoms with van der Waals surface area (Å²) in [7, 11) is 0. The normalized spacial score (nSPS) is 11.7. The van der Waals surface area contributed by atoms with E-state index in [1.165, 1.54) is 0 Å². The molecule has 2 N–H and O–H groups in total. The van der Waals surface area contributed by atoms with Crippen LogP contribution >= 0.6 is 23.2 Å². The summed E-state index contributed by atoms with van der Waals surface area (Å²) in [6.07, 6.45) is 0. The Hall–Kier alpha value is -1.91. The number of ether oxygens (including phenoxy) is 1. The first-order chi connectivity index (χ1) is 11.4. The van der Waals surface area contributed by atoms with Gasteiger partial charge in [-0.25, -0.2) is 4.79 Å². The third-order valence-electron chi connectivity index (χ3n) is 3.44. The number of benzene rings is 2. The second-order valence-electron chi connectivity index (χ2n) is 5.66. The topological polar surface area (TPSA) is 50.4 Å². The van der Waals surface area contributed by atoms with Gasteiger partial charge in [-0.1, -0.05) is 41.4 Å². The van der Waals surface area contributed by atoms with Gasteiger partial charge in [0, 0.05) is 5.02 Å². The molecule has 1 atom stereocenters. The first-order valence-corrected chi connectivity index (χ1v) is 8.34. The zero-order valence-electron chi connectivity index (χ0n) is 13.8. The maximum Gasteiger partial charge on any atom is 0.319 e. The number of rotatable bonds is 5. The fraction of sp³-hybridized carbons (Fsp3) is 0.278. The first-order valence-electron chi connectivity index (χ1n) is 7.58. The van der Waals surface area contributed by atoms with Crippen molar-refractivity contribution in [2.24, 2.45) is 0 Å². The van der Waals surface area contributed by atoms with Crippen LogP contribution in [0.25, 0.3) is 0 Å². The molecule has 0 aromatic heterocycles. The highest BCUT2D eigenvalue weighted by Crippen LogP contribution is 2.25. The standard InChI is InChI=1S/C18H20Cl2N2O2/c1-11-5-4-6-12(2)17(11)24-10-13(3)21-18(23)22-16-8-7-14(19)9-15(16)20/h4-9,13H,10H2,1-3H3,(H2,21,22,23). The SMILES string of the molecule is Cc1cccc(C)c1OCC(C)NC(=O)Nc1ccc(Cl)cc1Cl. The summed E-state index contributed by atoms with van der Waals surface area (Å²) in [5.41, 5.74) is 2.64. The summed E-state index contributed by atoms with van der Waals surface area (Å²) in [5, 5.41) is 6.41. The molecule has 4 nitrogen and oxygen atoms in total. The predicted molar refractivity (Wildman–Crippen MR) is 99.5 cm³/mol. The van der Waals surface area contributed by atoms with Crippen molar-refractivity contribution >= 4 is 34.9 Å². The number of hydrogen-bond acceptors (Lipinski definition) is 2. The van der Waals surface area contributed by atoms with E-state index in [1.807, 2.05) is 39.0 Å². The molecule has 2 aromatic rings. The van der Waals surface area contributed by atoms with Crippen molar-refractivity contribution < 1.29 is 9.53 Å². The minimum absolute atomic E-state index is 0.171. The second kappa shape index (κ2) is 8.27. The molecule has 0 bridgehead atoms. The Morgan fingerprint density at radius 3 is 2.46 bits per heavy atom. The highest BCUT2D eigenvalue weighted by molar-refractivity contribution is 6.36. The van der Waals surface area contributed by atoms with E-state index in [0.29, 0.717) is 22.3 Å². The van der Waals surface area contributed by atoms with E-state index in [4.69, 9.17) is 27.9 Å². The van der Waals surface area contributed by atoms with E-state index in [2.05, 4.69) is 10.6 Å². The summed E-state index contributed by atoms with van der Waals surface area (Å²) < 4.78 is 5.83. The lowest BCUT2D eigenvalue weighted by Crippen LogP contribution is -2.39. The summed E-state index contributed by atoms with van der Waals surface area (Å²) in [6, 6.07) is 10.4. The molecular weight excluding hydrogens is 347 g/mol. The summed E-state index contributed by atoms with van der Waals surface area (Å²) >= 11 is 11.9. The Kier molecular flexibility index (Phi) is 6.35. The van der Waals surface area contributed by atoms with Gasteiger partial charge in [-0.2, -0.15) is 0 Å². The monoisotopic (exact) mass is 366 g/mol. The average Bonchev–Trinajstić information content (AvgIpc) is 2.49. The molecule has 0 fully saturated rings. The molecule has 0 saturated carbocycles. The third kappa shape index (κ3) is 5.05. The van der Waals surface area contributed by atoms with Crippen molar-refractivity contribution in [3.63, 3.8) is 0 Å². The van der Waals surface area contributed by atoms with Crippen LogP contribution in [0.5, 0.6) is 5.75 Å². The fourth-order valence-corrected chi connectivity index (χ4v) is 2.71. The number of nitrogens with one attached hydrogen (secondary N) is 2. The molecule has 0 aliphatic carbocycles.